The van der Waals surface area contributed by atoms with Gasteiger partial charge in [-0.1, -0.05) is 18.2 Å². The highest BCUT2D eigenvalue weighted by Crippen LogP contribution is 2.36. The molecule has 1 aromatic carbocycles. The first-order valence-corrected chi connectivity index (χ1v) is 6.27. The van der Waals surface area contributed by atoms with Crippen molar-refractivity contribution in [1.82, 2.24) is 9.97 Å². The Balaban J connectivity index is 2.53. The average molecular weight is 284 g/mol. The predicted octanol–water partition coefficient (Wildman–Crippen LogP) is 2.41. The summed E-state index contributed by atoms with van der Waals surface area (Å²) in [5.74, 6) is -1.39. The number of pyridine rings is 1. The van der Waals surface area contributed by atoms with Crippen molar-refractivity contribution in [3.63, 3.8) is 0 Å². The number of esters is 1. The third-order valence-electron chi connectivity index (χ3n) is 3.34. The zero-order chi connectivity index (χ0) is 15.1. The molecule has 21 heavy (non-hydrogen) atoms. The maximum atomic E-state index is 11.8. The van der Waals surface area contributed by atoms with Gasteiger partial charge in [0.25, 0.3) is 0 Å². The molecule has 0 aliphatic rings. The maximum absolute atomic E-state index is 11.8. The first-order valence-electron chi connectivity index (χ1n) is 6.27. The summed E-state index contributed by atoms with van der Waals surface area (Å²) in [6.07, 6.45) is 0. The third kappa shape index (κ3) is 1.84. The Morgan fingerprint density at radius 1 is 1.24 bits per heavy atom. The van der Waals surface area contributed by atoms with Crippen LogP contribution in [0.2, 0.25) is 0 Å². The molecule has 6 heteroatoms. The Hall–Kier alpha value is -2.89. The van der Waals surface area contributed by atoms with Crippen LogP contribution in [0.25, 0.3) is 21.8 Å². The molecule has 0 atom stereocenters. The van der Waals surface area contributed by atoms with Crippen molar-refractivity contribution in [2.24, 2.45) is 0 Å². The number of aromatic hydroxyl groups is 1. The molecule has 0 radical (unpaired) electrons. The number of rotatable bonds is 2. The van der Waals surface area contributed by atoms with Gasteiger partial charge < -0.3 is 14.8 Å². The molecular weight excluding hydrogens is 272 g/mol. The van der Waals surface area contributed by atoms with Crippen molar-refractivity contribution in [1.29, 1.82) is 0 Å². The van der Waals surface area contributed by atoms with Crippen molar-refractivity contribution in [2.75, 3.05) is 7.11 Å². The summed E-state index contributed by atoms with van der Waals surface area (Å²) in [7, 11) is 1.19. The molecular formula is C15H12N2O4. The van der Waals surface area contributed by atoms with Gasteiger partial charge in [0.2, 0.25) is 0 Å². The average Bonchev–Trinajstić information content (AvgIpc) is 2.86. The number of nitrogens with zero attached hydrogens (tertiary/aromatic N) is 1. The van der Waals surface area contributed by atoms with Crippen LogP contribution in [0.3, 0.4) is 0 Å². The minimum atomic E-state index is -0.790. The second-order valence-corrected chi connectivity index (χ2v) is 4.63. The first-order chi connectivity index (χ1) is 10.0. The second kappa shape index (κ2) is 4.59. The van der Waals surface area contributed by atoms with Gasteiger partial charge in [-0.15, -0.1) is 0 Å². The van der Waals surface area contributed by atoms with E-state index in [4.69, 9.17) is 0 Å². The number of fused-ring (bicyclic) bond motifs is 3. The highest BCUT2D eigenvalue weighted by molar-refractivity contribution is 6.18. The lowest BCUT2D eigenvalue weighted by molar-refractivity contribution is 0.0590. The molecule has 2 heterocycles. The summed E-state index contributed by atoms with van der Waals surface area (Å²) in [5, 5.41) is 11.5. The fourth-order valence-corrected chi connectivity index (χ4v) is 2.40. The molecule has 0 aliphatic heterocycles. The van der Waals surface area contributed by atoms with E-state index in [9.17, 15) is 14.7 Å². The number of aromatic nitrogens is 2. The van der Waals surface area contributed by atoms with Gasteiger partial charge in [-0.25, -0.2) is 9.78 Å². The van der Waals surface area contributed by atoms with Crippen molar-refractivity contribution in [2.45, 2.75) is 6.92 Å². The molecule has 0 saturated carbocycles. The summed E-state index contributed by atoms with van der Waals surface area (Å²) in [6.45, 7) is 1.35. The van der Waals surface area contributed by atoms with Gasteiger partial charge in [-0.3, -0.25) is 4.79 Å². The van der Waals surface area contributed by atoms with Crippen LogP contribution in [0.5, 0.6) is 5.75 Å². The zero-order valence-corrected chi connectivity index (χ0v) is 11.4. The molecule has 6 nitrogen and oxygen atoms in total. The topological polar surface area (TPSA) is 92.3 Å². The fraction of sp³-hybridized carbons (Fsp3) is 0.133. The Kier molecular flexibility index (Phi) is 2.86. The maximum Gasteiger partial charge on any atom is 0.360 e. The minimum absolute atomic E-state index is 0.0967. The minimum Gasteiger partial charge on any atom is -0.505 e. The van der Waals surface area contributed by atoms with Gasteiger partial charge in [0.1, 0.15) is 5.69 Å². The van der Waals surface area contributed by atoms with Crippen molar-refractivity contribution in [3.8, 4) is 5.75 Å². The first kappa shape index (κ1) is 13.1. The van der Waals surface area contributed by atoms with Crippen LogP contribution in [-0.4, -0.2) is 33.9 Å². The lowest BCUT2D eigenvalue weighted by atomic mass is 10.1. The normalized spacial score (nSPS) is 11.0. The van der Waals surface area contributed by atoms with Crippen molar-refractivity contribution in [3.05, 3.63) is 35.7 Å². The van der Waals surface area contributed by atoms with Crippen LogP contribution < -0.4 is 0 Å². The van der Waals surface area contributed by atoms with Gasteiger partial charge in [-0.2, -0.15) is 0 Å². The van der Waals surface area contributed by atoms with Crippen LogP contribution in [-0.2, 0) is 4.74 Å². The number of benzene rings is 1. The molecule has 0 amide bonds. The predicted molar refractivity (Wildman–Crippen MR) is 76.6 cm³/mol. The highest BCUT2D eigenvalue weighted by Gasteiger charge is 2.24. The SMILES string of the molecule is COC(=O)c1nc(C(C)=O)c2[nH]c3ccccc3c2c1O. The number of ether oxygens (including phenoxy) is 1. The van der Waals surface area contributed by atoms with Gasteiger partial charge >= 0.3 is 5.97 Å². The van der Waals surface area contributed by atoms with Crippen LogP contribution in [0.1, 0.15) is 27.9 Å². The van der Waals surface area contributed by atoms with Crippen LogP contribution in [0.15, 0.2) is 24.3 Å². The summed E-state index contributed by atoms with van der Waals surface area (Å²) in [5.41, 5.74) is 0.988. The Bertz CT molecular complexity index is 895. The van der Waals surface area contributed by atoms with E-state index in [0.717, 1.165) is 5.52 Å². The van der Waals surface area contributed by atoms with E-state index in [1.54, 1.807) is 12.1 Å². The molecule has 2 N–H and O–H groups in total. The molecule has 0 spiro atoms. The van der Waals surface area contributed by atoms with Gasteiger partial charge in [0.15, 0.2) is 17.2 Å². The zero-order valence-electron chi connectivity index (χ0n) is 11.4. The number of carbonyl (C=O) groups is 2. The standard InChI is InChI=1S/C15H12N2O4/c1-7(18)11-12-10(8-5-3-4-6-9(8)16-12)14(19)13(17-11)15(20)21-2/h3-6,16,19H,1-2H3. The summed E-state index contributed by atoms with van der Waals surface area (Å²) >= 11 is 0. The van der Waals surface area contributed by atoms with Crippen LogP contribution >= 0.6 is 0 Å². The van der Waals surface area contributed by atoms with Crippen LogP contribution in [0, 0.1) is 0 Å². The fourth-order valence-electron chi connectivity index (χ4n) is 2.40. The van der Waals surface area contributed by atoms with Gasteiger partial charge in [0, 0.05) is 17.8 Å². The third-order valence-corrected chi connectivity index (χ3v) is 3.34. The number of H-pyrrole nitrogens is 1. The molecule has 2 aromatic heterocycles. The lowest BCUT2D eigenvalue weighted by Gasteiger charge is -2.06. The van der Waals surface area contributed by atoms with E-state index in [1.807, 2.05) is 12.1 Å². The number of hydrogen-bond donors (Lipinski definition) is 2. The van der Waals surface area contributed by atoms with E-state index in [0.29, 0.717) is 16.3 Å². The van der Waals surface area contributed by atoms with E-state index in [2.05, 4.69) is 14.7 Å². The number of hydrogen-bond acceptors (Lipinski definition) is 5. The van der Waals surface area contributed by atoms with E-state index < -0.39 is 5.97 Å². The summed E-state index contributed by atoms with van der Waals surface area (Å²) in [4.78, 5) is 30.6. The lowest BCUT2D eigenvalue weighted by Crippen LogP contribution is -2.09. The number of Topliss-reactive ketones (excluding diaryl/α,β-unsaturated/α-hetero) is 1. The number of para-hydroxylation sites is 1. The largest absolute Gasteiger partial charge is 0.505 e. The molecule has 0 aliphatic carbocycles. The molecule has 3 aromatic rings. The van der Waals surface area contributed by atoms with Gasteiger partial charge in [0.05, 0.1) is 18.0 Å². The Morgan fingerprint density at radius 2 is 1.95 bits per heavy atom. The number of ketones is 1. The highest BCUT2D eigenvalue weighted by atomic mass is 16.5. The van der Waals surface area contributed by atoms with E-state index in [-0.39, 0.29) is 22.9 Å². The van der Waals surface area contributed by atoms with Crippen LogP contribution in [0.4, 0.5) is 0 Å². The van der Waals surface area contributed by atoms with Crippen molar-refractivity contribution < 1.29 is 19.4 Å². The number of carbonyl (C=O) groups excluding carboxylic acids is 2. The quantitative estimate of drug-likeness (QED) is 0.557. The smallest absolute Gasteiger partial charge is 0.360 e. The Morgan fingerprint density at radius 3 is 2.62 bits per heavy atom. The Labute approximate surface area is 119 Å². The summed E-state index contributed by atoms with van der Waals surface area (Å²) in [6, 6.07) is 7.24. The molecule has 0 fully saturated rings. The van der Waals surface area contributed by atoms with Gasteiger partial charge in [-0.05, 0) is 6.07 Å². The molecule has 0 bridgehead atoms. The number of nitrogens with one attached hydrogen (secondary N) is 1. The molecule has 0 saturated heterocycles. The number of methoxy groups -OCH3 is 1. The summed E-state index contributed by atoms with van der Waals surface area (Å²) < 4.78 is 4.61. The number of aromatic amines is 1. The molecule has 3 rings (SSSR count). The van der Waals surface area contributed by atoms with E-state index in [1.165, 1.54) is 14.0 Å². The second-order valence-electron chi connectivity index (χ2n) is 4.63. The van der Waals surface area contributed by atoms with E-state index >= 15 is 0 Å². The molecule has 0 unspecified atom stereocenters. The monoisotopic (exact) mass is 284 g/mol. The molecule has 106 valence electrons. The van der Waals surface area contributed by atoms with Crippen molar-refractivity contribution >= 4 is 33.6 Å².